The molecule has 0 saturated heterocycles. The van der Waals surface area contributed by atoms with Gasteiger partial charge in [-0.25, -0.2) is 0 Å². The van der Waals surface area contributed by atoms with Gasteiger partial charge in [0.15, 0.2) is 0 Å². The predicted molar refractivity (Wildman–Crippen MR) is 58.5 cm³/mol. The normalized spacial score (nSPS) is 13.8. The Kier molecular flexibility index (Phi) is 4.31. The van der Waals surface area contributed by atoms with Crippen LogP contribution in [0.1, 0.15) is 34.6 Å². The van der Waals surface area contributed by atoms with Crippen molar-refractivity contribution in [3.05, 3.63) is 0 Å². The van der Waals surface area contributed by atoms with Gasteiger partial charge >= 0.3 is 5.97 Å². The molecule has 0 aromatic heterocycles. The summed E-state index contributed by atoms with van der Waals surface area (Å²) in [6.07, 6.45) is 0. The molecule has 0 saturated carbocycles. The minimum atomic E-state index is -1.06. The Bertz CT molecular complexity index is 253. The first kappa shape index (κ1) is 13.9. The monoisotopic (exact) mass is 215 g/mol. The van der Waals surface area contributed by atoms with Gasteiger partial charge in [-0.3, -0.25) is 9.59 Å². The van der Waals surface area contributed by atoms with Crippen molar-refractivity contribution in [3.8, 4) is 0 Å². The van der Waals surface area contributed by atoms with Gasteiger partial charge in [-0.2, -0.15) is 0 Å². The van der Waals surface area contributed by atoms with Crippen LogP contribution in [0.2, 0.25) is 0 Å². The number of carboxylic acid groups (broad SMARTS) is 1. The lowest BCUT2D eigenvalue weighted by atomic mass is 9.79. The van der Waals surface area contributed by atoms with E-state index in [0.717, 1.165) is 0 Å². The van der Waals surface area contributed by atoms with Gasteiger partial charge in [0.05, 0.1) is 0 Å². The van der Waals surface area contributed by atoms with E-state index in [2.05, 4.69) is 0 Å². The quantitative estimate of drug-likeness (QED) is 0.727. The summed E-state index contributed by atoms with van der Waals surface area (Å²) in [5.41, 5.74) is -0.563. The van der Waals surface area contributed by atoms with Crippen molar-refractivity contribution >= 4 is 11.9 Å². The SMILES string of the molecule is CC(C)N(C)C(=O)C(C(=O)O)C(C)(C)C. The number of hydrogen-bond donors (Lipinski definition) is 1. The van der Waals surface area contributed by atoms with Crippen molar-refractivity contribution in [1.82, 2.24) is 4.90 Å². The van der Waals surface area contributed by atoms with Crippen LogP contribution in [-0.4, -0.2) is 35.0 Å². The summed E-state index contributed by atoms with van der Waals surface area (Å²) >= 11 is 0. The van der Waals surface area contributed by atoms with Gasteiger partial charge in [-0.15, -0.1) is 0 Å². The van der Waals surface area contributed by atoms with E-state index in [9.17, 15) is 9.59 Å². The van der Waals surface area contributed by atoms with Crippen molar-refractivity contribution in [2.24, 2.45) is 11.3 Å². The Morgan fingerprint density at radius 2 is 1.60 bits per heavy atom. The lowest BCUT2D eigenvalue weighted by Gasteiger charge is -2.31. The number of amides is 1. The van der Waals surface area contributed by atoms with Crippen LogP contribution in [0.3, 0.4) is 0 Å². The summed E-state index contributed by atoms with van der Waals surface area (Å²) in [6.45, 7) is 9.01. The number of carbonyl (C=O) groups excluding carboxylic acids is 1. The molecule has 0 aromatic rings. The molecule has 0 aliphatic rings. The first-order valence-electron chi connectivity index (χ1n) is 5.08. The van der Waals surface area contributed by atoms with E-state index in [0.29, 0.717) is 0 Å². The summed E-state index contributed by atoms with van der Waals surface area (Å²) in [5, 5.41) is 9.06. The van der Waals surface area contributed by atoms with Gasteiger partial charge in [-0.1, -0.05) is 20.8 Å². The van der Waals surface area contributed by atoms with Crippen LogP contribution < -0.4 is 0 Å². The van der Waals surface area contributed by atoms with Crippen molar-refractivity contribution in [1.29, 1.82) is 0 Å². The highest BCUT2D eigenvalue weighted by Gasteiger charge is 2.39. The molecule has 1 amide bonds. The predicted octanol–water partition coefficient (Wildman–Crippen LogP) is 1.60. The van der Waals surface area contributed by atoms with Gasteiger partial charge in [0.25, 0.3) is 0 Å². The van der Waals surface area contributed by atoms with Crippen LogP contribution in [0, 0.1) is 11.3 Å². The van der Waals surface area contributed by atoms with E-state index in [1.165, 1.54) is 4.90 Å². The Balaban J connectivity index is 4.97. The largest absolute Gasteiger partial charge is 0.481 e. The number of hydrogen-bond acceptors (Lipinski definition) is 2. The zero-order valence-corrected chi connectivity index (χ0v) is 10.4. The van der Waals surface area contributed by atoms with Crippen molar-refractivity contribution in [3.63, 3.8) is 0 Å². The summed E-state index contributed by atoms with van der Waals surface area (Å²) in [6, 6.07) is 0.0155. The maximum absolute atomic E-state index is 11.9. The molecule has 4 nitrogen and oxygen atoms in total. The second kappa shape index (κ2) is 4.64. The number of rotatable bonds is 3. The Morgan fingerprint density at radius 1 is 1.20 bits per heavy atom. The third-order valence-electron chi connectivity index (χ3n) is 2.48. The molecular formula is C11H21NO3. The number of aliphatic carboxylic acids is 1. The molecule has 0 heterocycles. The highest BCUT2D eigenvalue weighted by atomic mass is 16.4. The summed E-state index contributed by atoms with van der Waals surface area (Å²) < 4.78 is 0. The number of carboxylic acids is 1. The van der Waals surface area contributed by atoms with Crippen molar-refractivity contribution < 1.29 is 14.7 Å². The minimum absolute atomic E-state index is 0.0155. The van der Waals surface area contributed by atoms with Gasteiger partial charge in [0.1, 0.15) is 5.92 Å². The highest BCUT2D eigenvalue weighted by molar-refractivity contribution is 5.97. The van der Waals surface area contributed by atoms with Gasteiger partial charge in [-0.05, 0) is 19.3 Å². The fourth-order valence-corrected chi connectivity index (χ4v) is 1.30. The molecule has 0 aromatic carbocycles. The lowest BCUT2D eigenvalue weighted by molar-refractivity contribution is -0.156. The summed E-state index contributed by atoms with van der Waals surface area (Å²) in [4.78, 5) is 24.5. The van der Waals surface area contributed by atoms with Gasteiger partial charge < -0.3 is 10.0 Å². The Hall–Kier alpha value is -1.06. The fourth-order valence-electron chi connectivity index (χ4n) is 1.30. The molecule has 0 fully saturated rings. The zero-order chi connectivity index (χ0) is 12.4. The van der Waals surface area contributed by atoms with Crippen LogP contribution in [0.4, 0.5) is 0 Å². The molecule has 4 heteroatoms. The number of nitrogens with zero attached hydrogens (tertiary/aromatic N) is 1. The topological polar surface area (TPSA) is 57.6 Å². The zero-order valence-electron chi connectivity index (χ0n) is 10.4. The minimum Gasteiger partial charge on any atom is -0.481 e. The van der Waals surface area contributed by atoms with Crippen molar-refractivity contribution in [2.45, 2.75) is 40.7 Å². The molecule has 0 aliphatic carbocycles. The molecule has 0 aliphatic heterocycles. The highest BCUT2D eigenvalue weighted by Crippen LogP contribution is 2.28. The molecular weight excluding hydrogens is 194 g/mol. The Morgan fingerprint density at radius 3 is 1.80 bits per heavy atom. The molecule has 88 valence electrons. The van der Waals surface area contributed by atoms with Crippen LogP contribution >= 0.6 is 0 Å². The molecule has 1 unspecified atom stereocenters. The van der Waals surface area contributed by atoms with E-state index < -0.39 is 17.3 Å². The summed E-state index contributed by atoms with van der Waals surface area (Å²) in [5.74, 6) is -2.37. The molecule has 0 bridgehead atoms. The van der Waals surface area contributed by atoms with E-state index >= 15 is 0 Å². The molecule has 1 atom stereocenters. The average Bonchev–Trinajstić information content (AvgIpc) is 1.98. The third-order valence-corrected chi connectivity index (χ3v) is 2.48. The fraction of sp³-hybridized carbons (Fsp3) is 0.818. The van der Waals surface area contributed by atoms with E-state index in [4.69, 9.17) is 5.11 Å². The van der Waals surface area contributed by atoms with Crippen LogP contribution in [0.5, 0.6) is 0 Å². The van der Waals surface area contributed by atoms with E-state index in [1.807, 2.05) is 13.8 Å². The first-order chi connectivity index (χ1) is 6.59. The summed E-state index contributed by atoms with van der Waals surface area (Å²) in [7, 11) is 1.63. The Labute approximate surface area is 91.3 Å². The van der Waals surface area contributed by atoms with Gasteiger partial charge in [0.2, 0.25) is 5.91 Å². The second-order valence-electron chi connectivity index (χ2n) is 5.18. The lowest BCUT2D eigenvalue weighted by Crippen LogP contribution is -2.45. The molecule has 0 radical (unpaired) electrons. The van der Waals surface area contributed by atoms with Crippen molar-refractivity contribution in [2.75, 3.05) is 7.05 Å². The van der Waals surface area contributed by atoms with E-state index in [-0.39, 0.29) is 11.9 Å². The smallest absolute Gasteiger partial charge is 0.316 e. The average molecular weight is 215 g/mol. The molecule has 0 spiro atoms. The molecule has 1 N–H and O–H groups in total. The van der Waals surface area contributed by atoms with E-state index in [1.54, 1.807) is 27.8 Å². The van der Waals surface area contributed by atoms with Gasteiger partial charge in [0, 0.05) is 13.1 Å². The number of carbonyl (C=O) groups is 2. The van der Waals surface area contributed by atoms with Crippen LogP contribution in [0.15, 0.2) is 0 Å². The second-order valence-corrected chi connectivity index (χ2v) is 5.18. The first-order valence-corrected chi connectivity index (χ1v) is 5.08. The maximum Gasteiger partial charge on any atom is 0.316 e. The maximum atomic E-state index is 11.9. The molecule has 0 rings (SSSR count). The third kappa shape index (κ3) is 3.53. The molecule has 15 heavy (non-hydrogen) atoms. The standard InChI is InChI=1S/C11H21NO3/c1-7(2)12(6)9(13)8(10(14)15)11(3,4)5/h7-8H,1-6H3,(H,14,15). The van der Waals surface area contributed by atoms with Crippen LogP contribution in [0.25, 0.3) is 0 Å². The van der Waals surface area contributed by atoms with Crippen LogP contribution in [-0.2, 0) is 9.59 Å².